The molecule has 0 radical (unpaired) electrons. The molecule has 0 aliphatic heterocycles. The Morgan fingerprint density at radius 3 is 2.48 bits per heavy atom. The van der Waals surface area contributed by atoms with Crippen molar-refractivity contribution in [2.45, 2.75) is 19.0 Å². The summed E-state index contributed by atoms with van der Waals surface area (Å²) in [6.45, 7) is 1.48. The Kier molecular flexibility index (Phi) is 7.81. The summed E-state index contributed by atoms with van der Waals surface area (Å²) in [6.07, 6.45) is 1.48. The third-order valence-electron chi connectivity index (χ3n) is 4.55. The van der Waals surface area contributed by atoms with E-state index in [1.807, 2.05) is 0 Å². The van der Waals surface area contributed by atoms with E-state index < -0.39 is 6.04 Å². The molecule has 1 aromatic heterocycles. The zero-order chi connectivity index (χ0) is 22.4. The van der Waals surface area contributed by atoms with Crippen molar-refractivity contribution in [1.82, 2.24) is 15.3 Å². The Labute approximate surface area is 190 Å². The Balaban J connectivity index is 1.76. The van der Waals surface area contributed by atoms with Crippen LogP contribution in [0.1, 0.15) is 28.9 Å². The molecule has 2 aromatic carbocycles. The second-order valence-electron chi connectivity index (χ2n) is 6.96. The monoisotopic (exact) mass is 460 g/mol. The second kappa shape index (κ2) is 10.5. The average molecular weight is 461 g/mol. The standard InChI is InChI=1S/C22H22Cl2N4O3/c1-13(11-29)26-22-25-10-18(24)20(28-22)14-5-7-15(8-6-14)21(31)27-19(12-30)16-3-2-4-17(23)9-16/h2-10,13,19,29-30H,11-12H2,1H3,(H,27,31)(H,25,26,28). The third kappa shape index (κ3) is 5.92. The molecular formula is C22H22Cl2N4O3. The molecule has 2 atom stereocenters. The number of aliphatic hydroxyl groups is 2. The van der Waals surface area contributed by atoms with Crippen molar-refractivity contribution < 1.29 is 15.0 Å². The molecule has 3 rings (SSSR count). The molecule has 0 saturated heterocycles. The van der Waals surface area contributed by atoms with Gasteiger partial charge < -0.3 is 20.8 Å². The van der Waals surface area contributed by atoms with Crippen molar-refractivity contribution >= 4 is 35.1 Å². The minimum Gasteiger partial charge on any atom is -0.394 e. The number of aliphatic hydroxyl groups excluding tert-OH is 2. The van der Waals surface area contributed by atoms with Crippen molar-refractivity contribution in [3.63, 3.8) is 0 Å². The lowest BCUT2D eigenvalue weighted by molar-refractivity contribution is 0.0916. The first-order chi connectivity index (χ1) is 14.9. The van der Waals surface area contributed by atoms with Gasteiger partial charge in [0.2, 0.25) is 5.95 Å². The molecule has 0 aliphatic rings. The van der Waals surface area contributed by atoms with Crippen LogP contribution in [0, 0.1) is 0 Å². The van der Waals surface area contributed by atoms with E-state index in [-0.39, 0.29) is 25.2 Å². The number of carbonyl (C=O) groups is 1. The number of hydrogen-bond acceptors (Lipinski definition) is 6. The fourth-order valence-electron chi connectivity index (χ4n) is 2.88. The van der Waals surface area contributed by atoms with E-state index in [0.717, 1.165) is 0 Å². The molecule has 4 N–H and O–H groups in total. The molecule has 0 bridgehead atoms. The molecule has 3 aromatic rings. The van der Waals surface area contributed by atoms with Crippen molar-refractivity contribution in [1.29, 1.82) is 0 Å². The molecule has 0 fully saturated rings. The van der Waals surface area contributed by atoms with E-state index >= 15 is 0 Å². The van der Waals surface area contributed by atoms with Crippen LogP contribution in [0.2, 0.25) is 10.0 Å². The van der Waals surface area contributed by atoms with Crippen LogP contribution in [-0.2, 0) is 0 Å². The van der Waals surface area contributed by atoms with Gasteiger partial charge in [0.25, 0.3) is 5.91 Å². The third-order valence-corrected chi connectivity index (χ3v) is 5.06. The zero-order valence-electron chi connectivity index (χ0n) is 16.7. The van der Waals surface area contributed by atoms with Gasteiger partial charge in [-0.3, -0.25) is 4.79 Å². The fraction of sp³-hybridized carbons (Fsp3) is 0.227. The molecule has 1 amide bonds. The quantitative estimate of drug-likeness (QED) is 0.408. The maximum absolute atomic E-state index is 12.7. The van der Waals surface area contributed by atoms with Crippen LogP contribution in [0.3, 0.4) is 0 Å². The molecule has 0 saturated carbocycles. The number of nitrogens with zero attached hydrogens (tertiary/aromatic N) is 2. The molecule has 2 unspecified atom stereocenters. The van der Waals surface area contributed by atoms with Crippen LogP contribution < -0.4 is 10.6 Å². The van der Waals surface area contributed by atoms with Gasteiger partial charge in [-0.1, -0.05) is 47.5 Å². The van der Waals surface area contributed by atoms with Crippen molar-refractivity contribution in [3.8, 4) is 11.3 Å². The summed E-state index contributed by atoms with van der Waals surface area (Å²) in [5.74, 6) is 0.00793. The SMILES string of the molecule is CC(CO)Nc1ncc(Cl)c(-c2ccc(C(=O)NC(CO)c3cccc(Cl)c3)cc2)n1. The van der Waals surface area contributed by atoms with Gasteiger partial charge in [0.05, 0.1) is 36.2 Å². The van der Waals surface area contributed by atoms with E-state index in [0.29, 0.717) is 38.4 Å². The van der Waals surface area contributed by atoms with Crippen LogP contribution in [-0.4, -0.2) is 45.3 Å². The Morgan fingerprint density at radius 2 is 1.84 bits per heavy atom. The topological polar surface area (TPSA) is 107 Å². The molecule has 7 nitrogen and oxygen atoms in total. The maximum atomic E-state index is 12.7. The van der Waals surface area contributed by atoms with E-state index in [2.05, 4.69) is 20.6 Å². The summed E-state index contributed by atoms with van der Waals surface area (Å²) in [6, 6.07) is 13.0. The van der Waals surface area contributed by atoms with Crippen molar-refractivity contribution in [2.24, 2.45) is 0 Å². The van der Waals surface area contributed by atoms with E-state index in [9.17, 15) is 15.0 Å². The van der Waals surface area contributed by atoms with Gasteiger partial charge >= 0.3 is 0 Å². The lowest BCUT2D eigenvalue weighted by Crippen LogP contribution is -2.30. The Bertz CT molecular complexity index is 1050. The number of anilines is 1. The highest BCUT2D eigenvalue weighted by Crippen LogP contribution is 2.27. The summed E-state index contributed by atoms with van der Waals surface area (Å²) in [7, 11) is 0. The molecule has 162 valence electrons. The smallest absolute Gasteiger partial charge is 0.251 e. The number of carbonyl (C=O) groups excluding carboxylic acids is 1. The summed E-state index contributed by atoms with van der Waals surface area (Å²) in [4.78, 5) is 21.2. The van der Waals surface area contributed by atoms with Gasteiger partial charge in [0.1, 0.15) is 0 Å². The number of nitrogens with one attached hydrogen (secondary N) is 2. The minimum atomic E-state index is -0.579. The predicted octanol–water partition coefficient (Wildman–Crippen LogP) is 3.71. The summed E-state index contributed by atoms with van der Waals surface area (Å²) < 4.78 is 0. The van der Waals surface area contributed by atoms with Crippen molar-refractivity contribution in [3.05, 3.63) is 75.9 Å². The van der Waals surface area contributed by atoms with Gasteiger partial charge in [-0.25, -0.2) is 9.97 Å². The Morgan fingerprint density at radius 1 is 1.10 bits per heavy atom. The number of benzene rings is 2. The first-order valence-electron chi connectivity index (χ1n) is 9.58. The van der Waals surface area contributed by atoms with Crippen LogP contribution >= 0.6 is 23.2 Å². The normalized spacial score (nSPS) is 12.8. The van der Waals surface area contributed by atoms with Crippen molar-refractivity contribution in [2.75, 3.05) is 18.5 Å². The zero-order valence-corrected chi connectivity index (χ0v) is 18.2. The van der Waals surface area contributed by atoms with Crippen LogP contribution in [0.15, 0.2) is 54.7 Å². The first-order valence-corrected chi connectivity index (χ1v) is 10.3. The highest BCUT2D eigenvalue weighted by molar-refractivity contribution is 6.33. The molecule has 0 aliphatic carbocycles. The van der Waals surface area contributed by atoms with Gasteiger partial charge in [-0.2, -0.15) is 0 Å². The molecule has 0 spiro atoms. The summed E-state index contributed by atoms with van der Waals surface area (Å²) in [5, 5.41) is 25.5. The van der Waals surface area contributed by atoms with Gasteiger partial charge in [0.15, 0.2) is 0 Å². The predicted molar refractivity (Wildman–Crippen MR) is 121 cm³/mol. The minimum absolute atomic E-state index is 0.0604. The highest BCUT2D eigenvalue weighted by atomic mass is 35.5. The number of amides is 1. The first kappa shape index (κ1) is 23.0. The molecule has 9 heteroatoms. The number of halogens is 2. The Hall–Kier alpha value is -2.71. The maximum Gasteiger partial charge on any atom is 0.251 e. The molecule has 31 heavy (non-hydrogen) atoms. The van der Waals surface area contributed by atoms with E-state index in [4.69, 9.17) is 23.2 Å². The van der Waals surface area contributed by atoms with Gasteiger partial charge in [0, 0.05) is 22.2 Å². The average Bonchev–Trinajstić information content (AvgIpc) is 2.78. The summed E-state index contributed by atoms with van der Waals surface area (Å²) in [5.41, 5.74) is 2.34. The van der Waals surface area contributed by atoms with Crippen LogP contribution in [0.4, 0.5) is 5.95 Å². The van der Waals surface area contributed by atoms with E-state index in [1.165, 1.54) is 6.20 Å². The van der Waals surface area contributed by atoms with Gasteiger partial charge in [-0.05, 0) is 36.8 Å². The molecular weight excluding hydrogens is 439 g/mol. The lowest BCUT2D eigenvalue weighted by atomic mass is 10.1. The lowest BCUT2D eigenvalue weighted by Gasteiger charge is -2.17. The highest BCUT2D eigenvalue weighted by Gasteiger charge is 2.16. The fourth-order valence-corrected chi connectivity index (χ4v) is 3.28. The van der Waals surface area contributed by atoms with E-state index in [1.54, 1.807) is 55.5 Å². The van der Waals surface area contributed by atoms with Gasteiger partial charge in [-0.15, -0.1) is 0 Å². The molecule has 1 heterocycles. The number of aromatic nitrogens is 2. The second-order valence-corrected chi connectivity index (χ2v) is 7.80. The largest absolute Gasteiger partial charge is 0.394 e. The van der Waals surface area contributed by atoms with Crippen LogP contribution in [0.5, 0.6) is 0 Å². The number of hydrogen-bond donors (Lipinski definition) is 4. The summed E-state index contributed by atoms with van der Waals surface area (Å²) >= 11 is 12.3. The number of rotatable bonds is 8. The van der Waals surface area contributed by atoms with Crippen LogP contribution in [0.25, 0.3) is 11.3 Å².